The monoisotopic (exact) mass is 678 g/mol. The summed E-state index contributed by atoms with van der Waals surface area (Å²) in [6.07, 6.45) is 0. The maximum Gasteiger partial charge on any atom is 0.153 e. The van der Waals surface area contributed by atoms with E-state index >= 15 is 0 Å². The molecule has 0 radical (unpaired) electrons. The van der Waals surface area contributed by atoms with Gasteiger partial charge in [0.1, 0.15) is 5.76 Å². The van der Waals surface area contributed by atoms with Crippen LogP contribution < -0.4 is 0 Å². The molecule has 0 saturated carbocycles. The summed E-state index contributed by atoms with van der Waals surface area (Å²) < 4.78 is 9.41. The minimum Gasteiger partial charge on any atom is -0.454 e. The summed E-state index contributed by atoms with van der Waals surface area (Å²) in [4.78, 5) is 0. The second kappa shape index (κ2) is 11.5. The minimum atomic E-state index is 0.910. The zero-order chi connectivity index (χ0) is 34.2. The first kappa shape index (κ1) is 29.3. The molecular formula is C50H30OS. The Hall–Kier alpha value is -6.48. The van der Waals surface area contributed by atoms with Crippen LogP contribution in [0.15, 0.2) is 186 Å². The van der Waals surface area contributed by atoms with Crippen LogP contribution in [0.2, 0.25) is 0 Å². The van der Waals surface area contributed by atoms with E-state index in [9.17, 15) is 0 Å². The molecule has 0 aliphatic carbocycles. The molecule has 0 spiro atoms. The van der Waals surface area contributed by atoms with Gasteiger partial charge in [0.25, 0.3) is 0 Å². The van der Waals surface area contributed by atoms with Crippen molar-refractivity contribution in [2.75, 3.05) is 0 Å². The van der Waals surface area contributed by atoms with Crippen LogP contribution in [-0.2, 0) is 0 Å². The molecule has 0 N–H and O–H groups in total. The normalized spacial score (nSPS) is 11.8. The zero-order valence-corrected chi connectivity index (χ0v) is 29.0. The van der Waals surface area contributed by atoms with Crippen LogP contribution in [0.3, 0.4) is 0 Å². The highest BCUT2D eigenvalue weighted by Crippen LogP contribution is 2.51. The van der Waals surface area contributed by atoms with Crippen molar-refractivity contribution >= 4 is 74.8 Å². The maximum absolute atomic E-state index is 6.97. The molecule has 0 aliphatic rings. The Labute approximate surface area is 304 Å². The predicted molar refractivity (Wildman–Crippen MR) is 223 cm³/mol. The number of benzene rings is 9. The van der Waals surface area contributed by atoms with E-state index in [1.807, 2.05) is 11.3 Å². The minimum absolute atomic E-state index is 0.910. The van der Waals surface area contributed by atoms with Gasteiger partial charge in [-0.2, -0.15) is 0 Å². The summed E-state index contributed by atoms with van der Waals surface area (Å²) in [5.74, 6) is 0.910. The van der Waals surface area contributed by atoms with Gasteiger partial charge in [-0.3, -0.25) is 0 Å². The first-order chi connectivity index (χ1) is 25.8. The zero-order valence-electron chi connectivity index (χ0n) is 28.1. The second-order valence-corrected chi connectivity index (χ2v) is 14.6. The molecule has 11 aromatic rings. The van der Waals surface area contributed by atoms with E-state index < -0.39 is 0 Å². The van der Waals surface area contributed by atoms with Crippen molar-refractivity contribution < 1.29 is 4.42 Å². The van der Waals surface area contributed by atoms with Gasteiger partial charge in [0, 0.05) is 32.0 Å². The lowest BCUT2D eigenvalue weighted by molar-refractivity contribution is 0.636. The molecule has 2 heteroatoms. The highest BCUT2D eigenvalue weighted by Gasteiger charge is 2.24. The third kappa shape index (κ3) is 4.35. The van der Waals surface area contributed by atoms with Gasteiger partial charge >= 0.3 is 0 Å². The summed E-state index contributed by atoms with van der Waals surface area (Å²) in [5.41, 5.74) is 9.37. The molecule has 1 nitrogen and oxygen atoms in total. The molecule has 0 atom stereocenters. The average Bonchev–Trinajstić information content (AvgIpc) is 3.80. The average molecular weight is 679 g/mol. The molecule has 2 heterocycles. The van der Waals surface area contributed by atoms with E-state index in [4.69, 9.17) is 4.42 Å². The van der Waals surface area contributed by atoms with E-state index in [1.165, 1.54) is 74.7 Å². The molecular weight excluding hydrogens is 649 g/mol. The van der Waals surface area contributed by atoms with Crippen molar-refractivity contribution in [3.63, 3.8) is 0 Å². The number of fused-ring (bicyclic) bond motifs is 8. The van der Waals surface area contributed by atoms with Gasteiger partial charge in [-0.1, -0.05) is 164 Å². The fourth-order valence-electron chi connectivity index (χ4n) is 8.41. The lowest BCUT2D eigenvalue weighted by Crippen LogP contribution is -1.91. The maximum atomic E-state index is 6.97. The molecule has 52 heavy (non-hydrogen) atoms. The first-order valence-corrected chi connectivity index (χ1v) is 18.6. The Morgan fingerprint density at radius 2 is 0.962 bits per heavy atom. The van der Waals surface area contributed by atoms with Crippen LogP contribution in [0.25, 0.3) is 108 Å². The summed E-state index contributed by atoms with van der Waals surface area (Å²) in [5, 5.41) is 11.2. The van der Waals surface area contributed by atoms with Crippen molar-refractivity contribution in [2.45, 2.75) is 0 Å². The van der Waals surface area contributed by atoms with Crippen LogP contribution in [0.5, 0.6) is 0 Å². The third-order valence-electron chi connectivity index (χ3n) is 10.7. The summed E-state index contributed by atoms with van der Waals surface area (Å²) in [7, 11) is 0. The second-order valence-electron chi connectivity index (χ2n) is 13.5. The van der Waals surface area contributed by atoms with Gasteiger partial charge in [0.15, 0.2) is 5.58 Å². The topological polar surface area (TPSA) is 13.1 Å². The fraction of sp³-hybridized carbons (Fsp3) is 0. The van der Waals surface area contributed by atoms with Crippen LogP contribution >= 0.6 is 11.3 Å². The Bertz CT molecular complexity index is 3110. The molecule has 0 bridgehead atoms. The molecule has 242 valence electrons. The summed E-state index contributed by atoms with van der Waals surface area (Å²) in [6, 6.07) is 66.0. The fourth-order valence-corrected chi connectivity index (χ4v) is 9.62. The van der Waals surface area contributed by atoms with Crippen molar-refractivity contribution in [3.8, 4) is 44.7 Å². The quantitative estimate of drug-likeness (QED) is 0.169. The van der Waals surface area contributed by atoms with Crippen LogP contribution in [0.4, 0.5) is 0 Å². The Kier molecular flexibility index (Phi) is 6.49. The summed E-state index contributed by atoms with van der Waals surface area (Å²) in [6.45, 7) is 0. The standard InChI is InChI=1S/C50H30OS/c1-3-15-32(16-4-1)45-41-28-29-42-47-40(24-13-25-43(47)52-50(42)49(41)51-48(45)33-17-5-2-6-18-33)46-38-22-11-9-20-36(38)44(37-21-10-12-23-39(37)46)35-27-26-31-14-7-8-19-34(31)30-35/h1-30H. The Morgan fingerprint density at radius 1 is 0.365 bits per heavy atom. The molecule has 2 aromatic heterocycles. The highest BCUT2D eigenvalue weighted by molar-refractivity contribution is 7.26. The van der Waals surface area contributed by atoms with Crippen molar-refractivity contribution in [2.24, 2.45) is 0 Å². The Morgan fingerprint density at radius 3 is 1.67 bits per heavy atom. The van der Waals surface area contributed by atoms with Gasteiger partial charge in [-0.15, -0.1) is 11.3 Å². The molecule has 0 amide bonds. The molecule has 0 unspecified atom stereocenters. The lowest BCUT2D eigenvalue weighted by Gasteiger charge is -2.18. The number of hydrogen-bond donors (Lipinski definition) is 0. The molecule has 0 fully saturated rings. The highest BCUT2D eigenvalue weighted by atomic mass is 32.1. The van der Waals surface area contributed by atoms with E-state index in [2.05, 4.69) is 182 Å². The molecule has 0 saturated heterocycles. The number of rotatable bonds is 4. The number of furan rings is 1. The van der Waals surface area contributed by atoms with Gasteiger partial charge < -0.3 is 4.42 Å². The van der Waals surface area contributed by atoms with E-state index in [1.54, 1.807) is 0 Å². The van der Waals surface area contributed by atoms with Gasteiger partial charge in [-0.05, 0) is 78.3 Å². The van der Waals surface area contributed by atoms with Gasteiger partial charge in [0.05, 0.1) is 4.70 Å². The number of hydrogen-bond acceptors (Lipinski definition) is 2. The molecule has 0 aliphatic heterocycles. The van der Waals surface area contributed by atoms with Gasteiger partial charge in [0.2, 0.25) is 0 Å². The van der Waals surface area contributed by atoms with Gasteiger partial charge in [-0.25, -0.2) is 0 Å². The van der Waals surface area contributed by atoms with E-state index in [-0.39, 0.29) is 0 Å². The van der Waals surface area contributed by atoms with E-state index in [0.29, 0.717) is 0 Å². The first-order valence-electron chi connectivity index (χ1n) is 17.8. The molecule has 11 rings (SSSR count). The SMILES string of the molecule is c1ccc(-c2oc3c(ccc4c3sc3cccc(-c5c6ccccc6c(-c6ccc7ccccc7c6)c6ccccc56)c34)c2-c2ccccc2)cc1. The van der Waals surface area contributed by atoms with Crippen molar-refractivity contribution in [3.05, 3.63) is 182 Å². The third-order valence-corrected chi connectivity index (χ3v) is 11.8. The van der Waals surface area contributed by atoms with Crippen molar-refractivity contribution in [1.82, 2.24) is 0 Å². The smallest absolute Gasteiger partial charge is 0.153 e. The number of thiophene rings is 1. The lowest BCUT2D eigenvalue weighted by atomic mass is 9.84. The van der Waals surface area contributed by atoms with E-state index in [0.717, 1.165) is 33.4 Å². The summed E-state index contributed by atoms with van der Waals surface area (Å²) >= 11 is 1.83. The van der Waals surface area contributed by atoms with Crippen molar-refractivity contribution in [1.29, 1.82) is 0 Å². The Balaban J connectivity index is 1.22. The largest absolute Gasteiger partial charge is 0.454 e. The van der Waals surface area contributed by atoms with Crippen LogP contribution in [0.1, 0.15) is 0 Å². The van der Waals surface area contributed by atoms with Crippen LogP contribution in [0, 0.1) is 0 Å². The van der Waals surface area contributed by atoms with Crippen LogP contribution in [-0.4, -0.2) is 0 Å². The predicted octanol–water partition coefficient (Wildman–Crippen LogP) is 14.9. The molecule has 9 aromatic carbocycles.